The number of anilines is 4. The number of carboxylic acids is 1. The number of benzene rings is 4. The number of nitrogens with two attached hydrogens (primary N) is 1. The van der Waals surface area contributed by atoms with E-state index in [-0.39, 0.29) is 36.4 Å². The maximum Gasteiger partial charge on any atom is 0.387 e. The third kappa shape index (κ3) is 22.9. The van der Waals surface area contributed by atoms with E-state index in [1.54, 1.807) is 118 Å². The number of ether oxygens (including phenoxy) is 2. The van der Waals surface area contributed by atoms with E-state index in [4.69, 9.17) is 22.4 Å². The highest BCUT2D eigenvalue weighted by atomic mass is 19.3. The van der Waals surface area contributed by atoms with Gasteiger partial charge in [0.2, 0.25) is 11.9 Å². The number of nitrogens with zero attached hydrogens (tertiary/aromatic N) is 4. The fourth-order valence-electron chi connectivity index (χ4n) is 6.03. The third-order valence-electron chi connectivity index (χ3n) is 9.92. The van der Waals surface area contributed by atoms with Gasteiger partial charge < -0.3 is 51.4 Å². The molecule has 20 heteroatoms. The van der Waals surface area contributed by atoms with E-state index in [9.17, 15) is 42.5 Å². The van der Waals surface area contributed by atoms with Crippen LogP contribution in [0.2, 0.25) is 0 Å². The van der Waals surface area contributed by atoms with Crippen molar-refractivity contribution in [3.8, 4) is 81.6 Å². The van der Waals surface area contributed by atoms with Gasteiger partial charge in [0.1, 0.15) is 23.2 Å². The first-order valence-corrected chi connectivity index (χ1v) is 22.9. The standard InChI is InChI=1S/C24H25F2N3O4.C20H17F2N3O4.C9H4.C3H9NO/c1-15(31)2-11-22(32)21(14-30)17-3-7-19(8-4-17)29-24-27-12-18(13-28-24)16-5-9-20(10-6-16)33-23(25)26;21-19(22)29-16-7-3-12(4-8-16)14-9-23-20(24-10-14)25-15-5-1-13(2-6-15)17(11-26)18(27)28;1-3-5-7-9-8-6-4-2;1-3(5)2-4/h3-10,12-13,15,21,23,30-31H,2,11,14H2,1H3,(H,27,28,29);1-10,17,19,26H,11H2,(H,27,28)(H,23,24,25);1H,2H3;3,5H,2,4H2,1H3/t15-,21?;;;3-/m0..0/s1. The summed E-state index contributed by atoms with van der Waals surface area (Å²) in [5.41, 5.74) is 10.3. The van der Waals surface area contributed by atoms with Gasteiger partial charge in [-0.25, -0.2) is 19.9 Å². The Labute approximate surface area is 437 Å². The van der Waals surface area contributed by atoms with Crippen molar-refractivity contribution in [3.05, 3.63) is 133 Å². The van der Waals surface area contributed by atoms with E-state index < -0.39 is 43.7 Å². The van der Waals surface area contributed by atoms with E-state index >= 15 is 0 Å². The highest BCUT2D eigenvalue weighted by Crippen LogP contribution is 2.27. The van der Waals surface area contributed by atoms with Gasteiger partial charge in [0.25, 0.3) is 0 Å². The fourth-order valence-corrected chi connectivity index (χ4v) is 6.03. The summed E-state index contributed by atoms with van der Waals surface area (Å²) in [4.78, 5) is 40.4. The Morgan fingerprint density at radius 3 is 1.32 bits per heavy atom. The van der Waals surface area contributed by atoms with Crippen LogP contribution in [0, 0.1) is 47.9 Å². The fraction of sp³-hybridized carbons (Fsp3) is 0.250. The lowest BCUT2D eigenvalue weighted by molar-refractivity contribution is -0.139. The summed E-state index contributed by atoms with van der Waals surface area (Å²) in [5.74, 6) is 15.0. The van der Waals surface area contributed by atoms with E-state index in [1.807, 2.05) is 0 Å². The Morgan fingerprint density at radius 2 is 0.987 bits per heavy atom. The van der Waals surface area contributed by atoms with Crippen molar-refractivity contribution in [3.63, 3.8) is 0 Å². The first-order chi connectivity index (χ1) is 36.5. The molecular formula is C56H55F4N7O9. The maximum atomic E-state index is 12.3. The molecular weight excluding hydrogens is 991 g/mol. The van der Waals surface area contributed by atoms with Crippen molar-refractivity contribution in [2.75, 3.05) is 30.4 Å². The van der Waals surface area contributed by atoms with E-state index in [2.05, 4.69) is 81.5 Å². The first kappa shape index (κ1) is 61.4. The zero-order valence-corrected chi connectivity index (χ0v) is 41.4. The number of terminal acetylenes is 1. The molecule has 0 saturated carbocycles. The number of aliphatic hydroxyl groups is 4. The molecule has 6 aromatic rings. The zero-order valence-electron chi connectivity index (χ0n) is 41.4. The van der Waals surface area contributed by atoms with Crippen LogP contribution in [0.1, 0.15) is 56.6 Å². The van der Waals surface area contributed by atoms with Gasteiger partial charge in [0, 0.05) is 60.3 Å². The van der Waals surface area contributed by atoms with Crippen LogP contribution in [0.5, 0.6) is 11.5 Å². The van der Waals surface area contributed by atoms with Gasteiger partial charge in [-0.3, -0.25) is 9.59 Å². The number of carboxylic acid groups (broad SMARTS) is 1. The highest BCUT2D eigenvalue weighted by molar-refractivity contribution is 5.86. The molecule has 0 radical (unpaired) electrons. The highest BCUT2D eigenvalue weighted by Gasteiger charge is 2.21. The summed E-state index contributed by atoms with van der Waals surface area (Å²) in [6, 6.07) is 25.9. The lowest BCUT2D eigenvalue weighted by atomic mass is 9.92. The predicted molar refractivity (Wildman–Crippen MR) is 279 cm³/mol. The molecule has 0 aliphatic carbocycles. The minimum atomic E-state index is -2.87. The van der Waals surface area contributed by atoms with Gasteiger partial charge in [0.15, 0.2) is 0 Å². The summed E-state index contributed by atoms with van der Waals surface area (Å²) in [6.45, 7) is -1.18. The van der Waals surface area contributed by atoms with Gasteiger partial charge >= 0.3 is 19.2 Å². The molecule has 0 saturated heterocycles. The number of hydrogen-bond donors (Lipinski definition) is 8. The van der Waals surface area contributed by atoms with Gasteiger partial charge in [0.05, 0.1) is 31.3 Å². The number of Topliss-reactive ketones (excluding diaryl/α,β-unsaturated/α-hetero) is 1. The lowest BCUT2D eigenvalue weighted by Crippen LogP contribution is -2.18. The van der Waals surface area contributed by atoms with E-state index in [0.717, 1.165) is 11.1 Å². The Balaban J connectivity index is 0.000000322. The topological polar surface area (TPSA) is 255 Å². The molecule has 16 nitrogen and oxygen atoms in total. The quantitative estimate of drug-likeness (QED) is 0.0267. The summed E-state index contributed by atoms with van der Waals surface area (Å²) >= 11 is 0. The average molecular weight is 1050 g/mol. The molecule has 4 aromatic carbocycles. The molecule has 76 heavy (non-hydrogen) atoms. The van der Waals surface area contributed by atoms with Crippen LogP contribution in [0.15, 0.2) is 122 Å². The molecule has 6 rings (SSSR count). The van der Waals surface area contributed by atoms with Crippen LogP contribution in [-0.2, 0) is 9.59 Å². The zero-order chi connectivity index (χ0) is 55.8. The number of ketones is 1. The Hall–Kier alpha value is -8.86. The third-order valence-corrected chi connectivity index (χ3v) is 9.92. The Kier molecular flexibility index (Phi) is 27.3. The van der Waals surface area contributed by atoms with Crippen LogP contribution in [-0.4, -0.2) is 102 Å². The normalized spacial score (nSPS) is 11.5. The van der Waals surface area contributed by atoms with Gasteiger partial charge in [-0.1, -0.05) is 54.5 Å². The van der Waals surface area contributed by atoms with Crippen LogP contribution in [0.4, 0.5) is 40.8 Å². The predicted octanol–water partition coefficient (Wildman–Crippen LogP) is 7.92. The maximum absolute atomic E-state index is 12.3. The summed E-state index contributed by atoms with van der Waals surface area (Å²) < 4.78 is 57.6. The number of carbonyl (C=O) groups excluding carboxylic acids is 1. The molecule has 0 spiro atoms. The minimum Gasteiger partial charge on any atom is -0.481 e. The van der Waals surface area contributed by atoms with Crippen molar-refractivity contribution in [1.29, 1.82) is 0 Å². The second-order valence-corrected chi connectivity index (χ2v) is 15.7. The number of halogens is 4. The number of carbonyl (C=O) groups is 2. The smallest absolute Gasteiger partial charge is 0.387 e. The molecule has 0 aliphatic heterocycles. The van der Waals surface area contributed by atoms with E-state index in [1.165, 1.54) is 24.3 Å². The van der Waals surface area contributed by atoms with Gasteiger partial charge in [-0.2, -0.15) is 17.6 Å². The molecule has 0 fully saturated rings. The van der Waals surface area contributed by atoms with E-state index in [0.29, 0.717) is 58.5 Å². The summed E-state index contributed by atoms with van der Waals surface area (Å²) in [6.07, 6.45) is 10.8. The van der Waals surface area contributed by atoms with Gasteiger partial charge in [-0.05, 0) is 133 Å². The van der Waals surface area contributed by atoms with Crippen LogP contribution in [0.3, 0.4) is 0 Å². The summed E-state index contributed by atoms with van der Waals surface area (Å²) in [5, 5.41) is 51.5. The van der Waals surface area contributed by atoms with Crippen LogP contribution >= 0.6 is 0 Å². The number of rotatable bonds is 20. The molecule has 0 aliphatic rings. The number of nitrogens with one attached hydrogen (secondary N) is 2. The van der Waals surface area contributed by atoms with Crippen molar-refractivity contribution in [1.82, 2.24) is 19.9 Å². The van der Waals surface area contributed by atoms with Crippen molar-refractivity contribution >= 4 is 35.0 Å². The van der Waals surface area contributed by atoms with Crippen LogP contribution in [0.25, 0.3) is 22.3 Å². The molecule has 2 unspecified atom stereocenters. The second-order valence-electron chi connectivity index (χ2n) is 15.7. The Bertz CT molecular complexity index is 2930. The van der Waals surface area contributed by atoms with Crippen molar-refractivity contribution in [2.24, 2.45) is 5.73 Å². The number of aliphatic hydroxyl groups excluding tert-OH is 4. The lowest BCUT2D eigenvalue weighted by Gasteiger charge is -2.15. The largest absolute Gasteiger partial charge is 0.481 e. The average Bonchev–Trinajstić information content (AvgIpc) is 3.40. The van der Waals surface area contributed by atoms with Crippen molar-refractivity contribution in [2.45, 2.75) is 70.9 Å². The molecule has 0 bridgehead atoms. The SMILES string of the molecule is C#CC#CC#CC#CC.C[C@H](O)CCC(=O)C(CO)c1ccc(Nc2ncc(-c3ccc(OC(F)F)cc3)cn2)cc1.C[C@H](O)CN.O=C(O)C(CO)c1ccc(Nc2ncc(-c3ccc(OC(F)F)cc3)cn2)cc1. The number of hydrogen-bond acceptors (Lipinski definition) is 15. The minimum absolute atomic E-state index is 0.0673. The summed E-state index contributed by atoms with van der Waals surface area (Å²) in [7, 11) is 0. The molecule has 396 valence electrons. The van der Waals surface area contributed by atoms with Gasteiger partial charge in [-0.15, -0.1) is 6.42 Å². The second kappa shape index (κ2) is 33.8. The van der Waals surface area contributed by atoms with Crippen molar-refractivity contribution < 1.29 is 62.2 Å². The monoisotopic (exact) mass is 1050 g/mol. The number of aliphatic carboxylic acids is 1. The van der Waals surface area contributed by atoms with Crippen LogP contribution < -0.4 is 25.8 Å². The first-order valence-electron chi connectivity index (χ1n) is 22.9. The molecule has 2 heterocycles. The molecule has 0 amide bonds. The molecule has 2 aromatic heterocycles. The molecule has 9 N–H and O–H groups in total. The number of alkyl halides is 4. The number of aromatic nitrogens is 4. The Morgan fingerprint density at radius 1 is 0.605 bits per heavy atom. The molecule has 4 atom stereocenters.